The maximum absolute atomic E-state index is 13.1. The van der Waals surface area contributed by atoms with E-state index < -0.39 is 11.6 Å². The fourth-order valence-electron chi connectivity index (χ4n) is 4.19. The molecule has 3 aromatic rings. The number of hydrogen-bond acceptors (Lipinski definition) is 6. The highest BCUT2D eigenvalue weighted by atomic mass is 16.3. The van der Waals surface area contributed by atoms with Crippen molar-refractivity contribution in [2.45, 2.75) is 46.0 Å². The number of ketones is 2. The Morgan fingerprint density at radius 1 is 0.853 bits per heavy atom. The maximum Gasteiger partial charge on any atom is 0.212 e. The van der Waals surface area contributed by atoms with Crippen molar-refractivity contribution in [3.8, 4) is 11.5 Å². The number of phenolic OH excluding ortho intramolecular Hbond substituents is 2. The molecule has 0 aliphatic heterocycles. The predicted molar refractivity (Wildman–Crippen MR) is 134 cm³/mol. The van der Waals surface area contributed by atoms with E-state index in [2.05, 4.69) is 24.2 Å². The van der Waals surface area contributed by atoms with E-state index in [0.29, 0.717) is 11.4 Å². The topological polar surface area (TPSA) is 99.0 Å². The quantitative estimate of drug-likeness (QED) is 0.287. The monoisotopic (exact) mass is 456 g/mol. The first-order chi connectivity index (χ1) is 16.4. The third-order valence-corrected chi connectivity index (χ3v) is 5.89. The van der Waals surface area contributed by atoms with Gasteiger partial charge in [0.2, 0.25) is 5.78 Å². The first-order valence-corrected chi connectivity index (χ1v) is 11.6. The molecular formula is C28H28N2O4. The van der Waals surface area contributed by atoms with Crippen LogP contribution in [0.15, 0.2) is 59.6 Å². The van der Waals surface area contributed by atoms with Crippen LogP contribution in [0.2, 0.25) is 0 Å². The van der Waals surface area contributed by atoms with Crippen LogP contribution in [0.25, 0.3) is 0 Å². The number of Topliss-reactive ketones (excluding diaryl/α,β-unsaturated/α-hetero) is 2. The molecule has 3 aromatic carbocycles. The van der Waals surface area contributed by atoms with Crippen LogP contribution in [-0.2, 0) is 12.8 Å². The molecule has 0 bridgehead atoms. The van der Waals surface area contributed by atoms with Gasteiger partial charge in [0.1, 0.15) is 5.75 Å². The molecule has 174 valence electrons. The van der Waals surface area contributed by atoms with Crippen molar-refractivity contribution in [3.05, 3.63) is 76.9 Å². The molecule has 6 heteroatoms. The molecule has 0 aromatic heterocycles. The number of aromatic hydroxyl groups is 2. The number of aliphatic imine (C=N–C) groups is 1. The van der Waals surface area contributed by atoms with E-state index in [4.69, 9.17) is 0 Å². The van der Waals surface area contributed by atoms with Crippen LogP contribution in [-0.4, -0.2) is 27.5 Å². The molecule has 6 nitrogen and oxygen atoms in total. The second kappa shape index (κ2) is 9.91. The molecule has 0 heterocycles. The van der Waals surface area contributed by atoms with Gasteiger partial charge in [0.15, 0.2) is 11.5 Å². The minimum atomic E-state index is -0.560. The van der Waals surface area contributed by atoms with Gasteiger partial charge in [0.25, 0.3) is 0 Å². The summed E-state index contributed by atoms with van der Waals surface area (Å²) < 4.78 is 0. The van der Waals surface area contributed by atoms with Crippen LogP contribution in [0.3, 0.4) is 0 Å². The van der Waals surface area contributed by atoms with Crippen molar-refractivity contribution in [3.63, 3.8) is 0 Å². The molecule has 1 aliphatic rings. The van der Waals surface area contributed by atoms with Crippen LogP contribution in [0.1, 0.15) is 65.0 Å². The number of anilines is 2. The van der Waals surface area contributed by atoms with E-state index in [-0.39, 0.29) is 40.4 Å². The number of aryl methyl sites for hydroxylation is 2. The Labute approximate surface area is 199 Å². The second-order valence-electron chi connectivity index (χ2n) is 8.52. The third-order valence-electron chi connectivity index (χ3n) is 5.89. The lowest BCUT2D eigenvalue weighted by atomic mass is 9.86. The molecule has 0 amide bonds. The van der Waals surface area contributed by atoms with Gasteiger partial charge in [-0.2, -0.15) is 0 Å². The van der Waals surface area contributed by atoms with Gasteiger partial charge in [-0.1, -0.05) is 51.0 Å². The lowest BCUT2D eigenvalue weighted by molar-refractivity contribution is 0.0960. The summed E-state index contributed by atoms with van der Waals surface area (Å²) in [7, 11) is 0. The Morgan fingerprint density at radius 3 is 2.03 bits per heavy atom. The summed E-state index contributed by atoms with van der Waals surface area (Å²) in [6, 6.07) is 16.5. The number of nitrogens with zero attached hydrogens (tertiary/aromatic N) is 1. The molecule has 34 heavy (non-hydrogen) atoms. The van der Waals surface area contributed by atoms with E-state index >= 15 is 0 Å². The minimum absolute atomic E-state index is 0.0441. The summed E-state index contributed by atoms with van der Waals surface area (Å²) in [5, 5.41) is 24.5. The van der Waals surface area contributed by atoms with Gasteiger partial charge in [-0.3, -0.25) is 9.59 Å². The molecule has 0 spiro atoms. The molecule has 0 atom stereocenters. The van der Waals surface area contributed by atoms with Crippen LogP contribution in [0, 0.1) is 0 Å². The summed E-state index contributed by atoms with van der Waals surface area (Å²) in [6.07, 6.45) is 3.74. The van der Waals surface area contributed by atoms with Gasteiger partial charge in [-0.25, -0.2) is 4.99 Å². The average molecular weight is 457 g/mol. The average Bonchev–Trinajstić information content (AvgIpc) is 2.82. The summed E-state index contributed by atoms with van der Waals surface area (Å²) in [5.41, 5.74) is 3.44. The van der Waals surface area contributed by atoms with Crippen LogP contribution < -0.4 is 5.32 Å². The van der Waals surface area contributed by atoms with Crippen LogP contribution in [0.5, 0.6) is 11.5 Å². The molecule has 0 radical (unpaired) electrons. The number of hydrogen-bond donors (Lipinski definition) is 3. The highest BCUT2D eigenvalue weighted by Gasteiger charge is 2.35. The summed E-state index contributed by atoms with van der Waals surface area (Å²) in [6.45, 7) is 4.21. The maximum atomic E-state index is 13.1. The zero-order valence-corrected chi connectivity index (χ0v) is 19.4. The van der Waals surface area contributed by atoms with Gasteiger partial charge in [0, 0.05) is 11.8 Å². The second-order valence-corrected chi connectivity index (χ2v) is 8.52. The standard InChI is InChI=1S/C28H28N2O4/c1-3-5-17-7-11-19(12-8-17)29-21-15-23(31)26-25(27(21)33)24(32)16-22(28(26)34)30-20-13-9-18(6-4-2)10-14-20/h7-15,29,31,33H,3-6,16H2,1-2H3. The third kappa shape index (κ3) is 4.71. The molecule has 1 aliphatic carbocycles. The van der Waals surface area contributed by atoms with Crippen LogP contribution in [0.4, 0.5) is 17.1 Å². The van der Waals surface area contributed by atoms with Gasteiger partial charge < -0.3 is 15.5 Å². The number of carbonyl (C=O) groups excluding carboxylic acids is 2. The molecule has 3 N–H and O–H groups in total. The van der Waals surface area contributed by atoms with Crippen molar-refractivity contribution < 1.29 is 19.8 Å². The molecule has 0 saturated carbocycles. The van der Waals surface area contributed by atoms with E-state index in [0.717, 1.165) is 25.7 Å². The summed E-state index contributed by atoms with van der Waals surface area (Å²) in [5.74, 6) is -1.75. The molecule has 0 saturated heterocycles. The fraction of sp³-hybridized carbons (Fsp3) is 0.250. The van der Waals surface area contributed by atoms with Crippen molar-refractivity contribution >= 4 is 34.3 Å². The molecular weight excluding hydrogens is 428 g/mol. The first-order valence-electron chi connectivity index (χ1n) is 11.6. The highest BCUT2D eigenvalue weighted by molar-refractivity contribution is 6.54. The first kappa shape index (κ1) is 23.2. The largest absolute Gasteiger partial charge is 0.507 e. The molecule has 0 fully saturated rings. The number of fused-ring (bicyclic) bond motifs is 1. The van der Waals surface area contributed by atoms with E-state index in [9.17, 15) is 19.8 Å². The number of carbonyl (C=O) groups is 2. The Bertz CT molecular complexity index is 1260. The van der Waals surface area contributed by atoms with Crippen LogP contribution >= 0.6 is 0 Å². The Hall–Kier alpha value is -3.93. The van der Waals surface area contributed by atoms with Crippen molar-refractivity contribution in [1.29, 1.82) is 0 Å². The number of nitrogens with one attached hydrogen (secondary N) is 1. The lowest BCUT2D eigenvalue weighted by Gasteiger charge is -2.20. The minimum Gasteiger partial charge on any atom is -0.507 e. The molecule has 4 rings (SSSR count). The van der Waals surface area contributed by atoms with Crippen molar-refractivity contribution in [1.82, 2.24) is 0 Å². The Morgan fingerprint density at radius 2 is 1.44 bits per heavy atom. The Kier molecular flexibility index (Phi) is 6.77. The summed E-state index contributed by atoms with van der Waals surface area (Å²) >= 11 is 0. The van der Waals surface area contributed by atoms with E-state index in [1.54, 1.807) is 12.1 Å². The lowest BCUT2D eigenvalue weighted by Crippen LogP contribution is -2.27. The van der Waals surface area contributed by atoms with Gasteiger partial charge in [-0.15, -0.1) is 0 Å². The van der Waals surface area contributed by atoms with Crippen molar-refractivity contribution in [2.75, 3.05) is 5.32 Å². The van der Waals surface area contributed by atoms with E-state index in [1.165, 1.54) is 17.2 Å². The number of phenols is 2. The highest BCUT2D eigenvalue weighted by Crippen LogP contribution is 2.41. The van der Waals surface area contributed by atoms with Crippen molar-refractivity contribution in [2.24, 2.45) is 4.99 Å². The van der Waals surface area contributed by atoms with Gasteiger partial charge >= 0.3 is 0 Å². The normalized spacial score (nSPS) is 14.4. The van der Waals surface area contributed by atoms with Gasteiger partial charge in [-0.05, 0) is 48.2 Å². The predicted octanol–water partition coefficient (Wildman–Crippen LogP) is 6.29. The number of rotatable bonds is 7. The SMILES string of the molecule is CCCc1ccc(N=C2CC(=O)c3c(O)c(Nc4ccc(CCC)cc4)cc(O)c3C2=O)cc1. The Balaban J connectivity index is 1.64. The zero-order chi connectivity index (χ0) is 24.2. The smallest absolute Gasteiger partial charge is 0.212 e. The fourth-order valence-corrected chi connectivity index (χ4v) is 4.19. The summed E-state index contributed by atoms with van der Waals surface area (Å²) in [4.78, 5) is 30.4. The number of benzene rings is 3. The van der Waals surface area contributed by atoms with Gasteiger partial charge in [0.05, 0.1) is 34.6 Å². The van der Waals surface area contributed by atoms with E-state index in [1.807, 2.05) is 36.4 Å². The molecule has 0 unspecified atom stereocenters. The zero-order valence-electron chi connectivity index (χ0n) is 19.4.